The van der Waals surface area contributed by atoms with Gasteiger partial charge >= 0.3 is 6.09 Å². The molecular formula is C32H53N7O8. The summed E-state index contributed by atoms with van der Waals surface area (Å²) in [4.78, 5) is 55.5. The number of hydrogen-bond donors (Lipinski definition) is 5. The van der Waals surface area contributed by atoms with Crippen LogP contribution in [0.5, 0.6) is 0 Å². The number of ether oxygens (including phenoxy) is 2. The summed E-state index contributed by atoms with van der Waals surface area (Å²) in [5.41, 5.74) is 2.44. The second kappa shape index (κ2) is 14.9. The van der Waals surface area contributed by atoms with Crippen LogP contribution in [0.25, 0.3) is 0 Å². The highest BCUT2D eigenvalue weighted by Crippen LogP contribution is 2.35. The summed E-state index contributed by atoms with van der Waals surface area (Å²) in [6, 6.07) is -2.59. The second-order valence-corrected chi connectivity index (χ2v) is 14.9. The van der Waals surface area contributed by atoms with Gasteiger partial charge in [0, 0.05) is 26.2 Å². The molecule has 0 bridgehead atoms. The molecule has 0 aromatic carbocycles. The minimum Gasteiger partial charge on any atom is -0.444 e. The molecule has 47 heavy (non-hydrogen) atoms. The van der Waals surface area contributed by atoms with Crippen LogP contribution in [0.15, 0.2) is 6.20 Å². The Kier molecular flexibility index (Phi) is 11.5. The Morgan fingerprint density at radius 3 is 2.45 bits per heavy atom. The fourth-order valence-electron chi connectivity index (χ4n) is 7.10. The van der Waals surface area contributed by atoms with Crippen LogP contribution in [-0.4, -0.2) is 103 Å². The molecule has 2 aliphatic heterocycles. The highest BCUT2D eigenvalue weighted by atomic mass is 16.6. The van der Waals surface area contributed by atoms with Gasteiger partial charge in [0.15, 0.2) is 6.10 Å². The lowest BCUT2D eigenvalue weighted by Gasteiger charge is -2.38. The number of likely N-dealkylation sites (tertiary alicyclic amines) is 1. The Hall–Kier alpha value is -3.30. The third-order valence-corrected chi connectivity index (χ3v) is 9.46. The minimum atomic E-state index is -1.68. The maximum absolute atomic E-state index is 14.5. The van der Waals surface area contributed by atoms with Gasteiger partial charge in [0.1, 0.15) is 23.3 Å². The number of nitrogens with zero attached hydrogens (tertiary/aromatic N) is 4. The van der Waals surface area contributed by atoms with Crippen molar-refractivity contribution in [2.75, 3.05) is 19.8 Å². The van der Waals surface area contributed by atoms with E-state index in [-0.39, 0.29) is 38.3 Å². The molecule has 3 fully saturated rings. The maximum Gasteiger partial charge on any atom is 0.408 e. The van der Waals surface area contributed by atoms with Crippen molar-refractivity contribution in [3.63, 3.8) is 0 Å². The van der Waals surface area contributed by atoms with Crippen LogP contribution in [0, 0.1) is 5.92 Å². The molecule has 3 heterocycles. The zero-order chi connectivity index (χ0) is 34.6. The third-order valence-electron chi connectivity index (χ3n) is 9.46. The first-order valence-corrected chi connectivity index (χ1v) is 16.8. The van der Waals surface area contributed by atoms with E-state index < -0.39 is 64.8 Å². The van der Waals surface area contributed by atoms with E-state index in [1.54, 1.807) is 34.6 Å². The molecule has 3 unspecified atom stereocenters. The topological polar surface area (TPSA) is 211 Å². The summed E-state index contributed by atoms with van der Waals surface area (Å²) in [6.07, 6.45) is 5.42. The number of carbonyl (C=O) groups excluding carboxylic acids is 4. The summed E-state index contributed by atoms with van der Waals surface area (Å²) in [6.45, 7) is 9.03. The maximum atomic E-state index is 14.5. The van der Waals surface area contributed by atoms with Gasteiger partial charge in [-0.05, 0) is 66.2 Å². The monoisotopic (exact) mass is 663 g/mol. The number of aliphatic hydroxyl groups excluding tert-OH is 1. The number of aromatic nitrogens is 3. The third kappa shape index (κ3) is 9.20. The lowest BCUT2D eigenvalue weighted by atomic mass is 9.83. The Labute approximate surface area is 276 Å². The van der Waals surface area contributed by atoms with E-state index in [9.17, 15) is 29.4 Å². The molecule has 1 saturated carbocycles. The first kappa shape index (κ1) is 36.5. The Balaban J connectivity index is 1.69. The number of nitrogens with one attached hydrogen (secondary N) is 2. The number of alkyl carbamates (subject to hydrolysis) is 1. The van der Waals surface area contributed by atoms with Gasteiger partial charge in [-0.25, -0.2) is 9.48 Å². The number of primary amides is 1. The van der Waals surface area contributed by atoms with Crippen LogP contribution in [-0.2, 0) is 29.5 Å². The zero-order valence-electron chi connectivity index (χ0n) is 28.4. The number of rotatable bonds is 10. The molecule has 3 aliphatic rings. The van der Waals surface area contributed by atoms with E-state index in [1.807, 2.05) is 0 Å². The van der Waals surface area contributed by atoms with Crippen LogP contribution in [0.3, 0.4) is 0 Å². The van der Waals surface area contributed by atoms with Crippen LogP contribution in [0.4, 0.5) is 4.79 Å². The van der Waals surface area contributed by atoms with Gasteiger partial charge in [-0.2, -0.15) is 0 Å². The second-order valence-electron chi connectivity index (χ2n) is 14.9. The number of aliphatic hydroxyl groups is 2. The van der Waals surface area contributed by atoms with Gasteiger partial charge in [0.2, 0.25) is 17.7 Å². The molecule has 15 heteroatoms. The van der Waals surface area contributed by atoms with Crippen molar-refractivity contribution < 1.29 is 38.9 Å². The van der Waals surface area contributed by atoms with Crippen LogP contribution in [0.1, 0.15) is 111 Å². The van der Waals surface area contributed by atoms with Gasteiger partial charge in [-0.1, -0.05) is 37.3 Å². The standard InChI is InChI=1S/C32H53N7O8/c1-30(2,3)47-29(44)35-22(16-20-10-7-6-8-11-20)28(43)38-19-21(39-24(18-34-37-39)31(4,5)45)17-23(38)27(42)36-32(25(40)26(33)41)12-9-14-46-15-13-32/h18,20-23,25,40,45H,6-17,19H2,1-5H3,(H2,33,41)(H,35,44)(H,36,42)/t21-,22?,23-,25?,32?/m0/s1. The van der Waals surface area contributed by atoms with Gasteiger partial charge in [0.05, 0.1) is 23.5 Å². The highest BCUT2D eigenvalue weighted by Gasteiger charge is 2.49. The average molecular weight is 664 g/mol. The minimum absolute atomic E-state index is 0.0367. The molecular weight excluding hydrogens is 610 g/mol. The van der Waals surface area contributed by atoms with Crippen LogP contribution >= 0.6 is 0 Å². The van der Waals surface area contributed by atoms with E-state index in [0.29, 0.717) is 25.1 Å². The molecule has 1 aromatic rings. The average Bonchev–Trinajstić information content (AvgIpc) is 3.59. The van der Waals surface area contributed by atoms with Crippen molar-refractivity contribution in [3.8, 4) is 0 Å². The molecule has 264 valence electrons. The fourth-order valence-corrected chi connectivity index (χ4v) is 7.10. The van der Waals surface area contributed by atoms with E-state index in [2.05, 4.69) is 20.9 Å². The molecule has 6 N–H and O–H groups in total. The van der Waals surface area contributed by atoms with Crippen molar-refractivity contribution in [2.24, 2.45) is 11.7 Å². The van der Waals surface area contributed by atoms with Crippen LogP contribution in [0.2, 0.25) is 0 Å². The molecule has 4 rings (SSSR count). The largest absolute Gasteiger partial charge is 0.444 e. The van der Waals surface area contributed by atoms with Gasteiger partial charge in [-0.3, -0.25) is 14.4 Å². The summed E-state index contributed by atoms with van der Waals surface area (Å²) in [7, 11) is 0. The normalized spacial score (nSPS) is 25.8. The van der Waals surface area contributed by atoms with Gasteiger partial charge in [-0.15, -0.1) is 5.10 Å². The smallest absolute Gasteiger partial charge is 0.408 e. The first-order chi connectivity index (χ1) is 22.0. The number of hydrogen-bond acceptors (Lipinski definition) is 10. The number of amides is 4. The summed E-state index contributed by atoms with van der Waals surface area (Å²) >= 11 is 0. The summed E-state index contributed by atoms with van der Waals surface area (Å²) < 4.78 is 12.6. The number of carbonyl (C=O) groups is 4. The molecule has 15 nitrogen and oxygen atoms in total. The predicted octanol–water partition coefficient (Wildman–Crippen LogP) is 1.41. The number of nitrogens with two attached hydrogens (primary N) is 1. The molecule has 2 saturated heterocycles. The van der Waals surface area contributed by atoms with Crippen molar-refractivity contribution in [1.29, 1.82) is 0 Å². The zero-order valence-corrected chi connectivity index (χ0v) is 28.4. The SMILES string of the molecule is CC(C)(C)OC(=O)NC(CC1CCCCC1)C(=O)N1C[C@@H](n2nncc2C(C)(C)O)C[C@H]1C(=O)NC1(C(O)C(N)=O)CCCOCC1. The molecule has 0 spiro atoms. The predicted molar refractivity (Wildman–Crippen MR) is 170 cm³/mol. The van der Waals surface area contributed by atoms with Crippen molar-refractivity contribution in [2.45, 2.75) is 140 Å². The lowest BCUT2D eigenvalue weighted by molar-refractivity contribution is -0.143. The summed E-state index contributed by atoms with van der Waals surface area (Å²) in [5, 5.41) is 35.7. The Morgan fingerprint density at radius 2 is 1.81 bits per heavy atom. The summed E-state index contributed by atoms with van der Waals surface area (Å²) in [5.74, 6) is -1.81. The fraction of sp³-hybridized carbons (Fsp3) is 0.812. The Morgan fingerprint density at radius 1 is 1.11 bits per heavy atom. The molecule has 1 aliphatic carbocycles. The van der Waals surface area contributed by atoms with Crippen molar-refractivity contribution in [3.05, 3.63) is 11.9 Å². The van der Waals surface area contributed by atoms with Crippen LogP contribution < -0.4 is 16.4 Å². The van der Waals surface area contributed by atoms with E-state index >= 15 is 0 Å². The van der Waals surface area contributed by atoms with Crippen molar-refractivity contribution >= 4 is 23.8 Å². The molecule has 1 aromatic heterocycles. The van der Waals surface area contributed by atoms with Gasteiger partial charge in [0.25, 0.3) is 0 Å². The Bertz CT molecular complexity index is 1260. The highest BCUT2D eigenvalue weighted by molar-refractivity contribution is 5.93. The molecule has 5 atom stereocenters. The first-order valence-electron chi connectivity index (χ1n) is 16.8. The van der Waals surface area contributed by atoms with E-state index in [1.165, 1.54) is 15.8 Å². The van der Waals surface area contributed by atoms with E-state index in [4.69, 9.17) is 15.2 Å². The lowest BCUT2D eigenvalue weighted by Crippen LogP contribution is -2.64. The van der Waals surface area contributed by atoms with E-state index in [0.717, 1.165) is 32.1 Å². The molecule has 4 amide bonds. The molecule has 0 radical (unpaired) electrons. The quantitative estimate of drug-likeness (QED) is 0.243. The van der Waals surface area contributed by atoms with Gasteiger partial charge < -0.3 is 41.0 Å². The van der Waals surface area contributed by atoms with Crippen molar-refractivity contribution in [1.82, 2.24) is 30.5 Å².